The molecule has 1 unspecified atom stereocenters. The van der Waals surface area contributed by atoms with Crippen LogP contribution in [-0.2, 0) is 6.42 Å². The van der Waals surface area contributed by atoms with E-state index in [-0.39, 0.29) is 0 Å². The molecule has 0 aliphatic carbocycles. The first kappa shape index (κ1) is 12.0. The lowest BCUT2D eigenvalue weighted by Crippen LogP contribution is -2.22. The van der Waals surface area contributed by atoms with E-state index in [9.17, 15) is 0 Å². The Morgan fingerprint density at radius 3 is 2.86 bits per heavy atom. The van der Waals surface area contributed by atoms with Gasteiger partial charge in [0.05, 0.1) is 4.34 Å². The Balaban J connectivity index is 2.10. The topological polar surface area (TPSA) is 12.0 Å². The summed E-state index contributed by atoms with van der Waals surface area (Å²) in [5, 5.41) is 3.46. The molecule has 0 aliphatic rings. The molecule has 14 heavy (non-hydrogen) atoms. The number of hydrogen-bond acceptors (Lipinski definition) is 2. The van der Waals surface area contributed by atoms with E-state index in [1.54, 1.807) is 11.3 Å². The Morgan fingerprint density at radius 2 is 2.29 bits per heavy atom. The summed E-state index contributed by atoms with van der Waals surface area (Å²) < 4.78 is 0.891. The molecule has 0 fully saturated rings. The molecule has 0 amide bonds. The van der Waals surface area contributed by atoms with E-state index in [0.717, 1.165) is 29.8 Å². The van der Waals surface area contributed by atoms with Crippen molar-refractivity contribution in [2.45, 2.75) is 26.7 Å². The van der Waals surface area contributed by atoms with Gasteiger partial charge >= 0.3 is 0 Å². The first-order chi connectivity index (χ1) is 6.72. The van der Waals surface area contributed by atoms with Crippen LogP contribution in [0.1, 0.15) is 25.1 Å². The molecule has 0 aromatic carbocycles. The zero-order valence-corrected chi connectivity index (χ0v) is 10.4. The van der Waals surface area contributed by atoms with Gasteiger partial charge in [-0.15, -0.1) is 11.3 Å². The van der Waals surface area contributed by atoms with Crippen LogP contribution in [0.5, 0.6) is 0 Å². The second kappa shape index (κ2) is 6.44. The molecular formula is C11H18ClNS. The molecule has 1 atom stereocenters. The van der Waals surface area contributed by atoms with Crippen molar-refractivity contribution in [3.8, 4) is 0 Å². The van der Waals surface area contributed by atoms with Crippen molar-refractivity contribution in [2.75, 3.05) is 13.1 Å². The third-order valence-corrected chi connectivity index (χ3v) is 3.66. The van der Waals surface area contributed by atoms with Crippen LogP contribution in [0.15, 0.2) is 12.1 Å². The van der Waals surface area contributed by atoms with Gasteiger partial charge in [0.2, 0.25) is 0 Å². The molecule has 1 aromatic rings. The van der Waals surface area contributed by atoms with Crippen LogP contribution in [0, 0.1) is 5.92 Å². The summed E-state index contributed by atoms with van der Waals surface area (Å²) in [5.41, 5.74) is 0. The fourth-order valence-electron chi connectivity index (χ4n) is 1.19. The highest BCUT2D eigenvalue weighted by Gasteiger charge is 1.99. The molecule has 0 saturated carbocycles. The largest absolute Gasteiger partial charge is 0.316 e. The third-order valence-electron chi connectivity index (χ3n) is 2.37. The maximum atomic E-state index is 5.84. The normalized spacial score (nSPS) is 13.1. The van der Waals surface area contributed by atoms with Gasteiger partial charge in [-0.3, -0.25) is 0 Å². The summed E-state index contributed by atoms with van der Waals surface area (Å²) in [6.45, 7) is 6.68. The van der Waals surface area contributed by atoms with E-state index in [1.165, 1.54) is 11.3 Å². The van der Waals surface area contributed by atoms with Crippen molar-refractivity contribution in [1.29, 1.82) is 0 Å². The molecule has 80 valence electrons. The molecule has 3 heteroatoms. The SMILES string of the molecule is CCC(C)CNCCc1ccc(Cl)s1. The van der Waals surface area contributed by atoms with Crippen molar-refractivity contribution < 1.29 is 0 Å². The fraction of sp³-hybridized carbons (Fsp3) is 0.636. The summed E-state index contributed by atoms with van der Waals surface area (Å²) in [6.07, 6.45) is 2.34. The molecule has 1 nitrogen and oxygen atoms in total. The monoisotopic (exact) mass is 231 g/mol. The van der Waals surface area contributed by atoms with Crippen molar-refractivity contribution in [2.24, 2.45) is 5.92 Å². The molecule has 0 saturated heterocycles. The van der Waals surface area contributed by atoms with E-state index in [2.05, 4.69) is 25.2 Å². The number of rotatable bonds is 6. The predicted octanol–water partition coefficient (Wildman–Crippen LogP) is 3.58. The van der Waals surface area contributed by atoms with Crippen molar-refractivity contribution >= 4 is 22.9 Å². The number of hydrogen-bond donors (Lipinski definition) is 1. The van der Waals surface area contributed by atoms with Crippen molar-refractivity contribution in [1.82, 2.24) is 5.32 Å². The van der Waals surface area contributed by atoms with E-state index in [4.69, 9.17) is 11.6 Å². The van der Waals surface area contributed by atoms with Gasteiger partial charge in [0.15, 0.2) is 0 Å². The van der Waals surface area contributed by atoms with Crippen LogP contribution in [0.4, 0.5) is 0 Å². The average molecular weight is 232 g/mol. The lowest BCUT2D eigenvalue weighted by atomic mass is 10.1. The van der Waals surface area contributed by atoms with E-state index < -0.39 is 0 Å². The Labute approximate surface area is 95.5 Å². The van der Waals surface area contributed by atoms with Gasteiger partial charge in [-0.1, -0.05) is 31.9 Å². The molecule has 1 aromatic heterocycles. The molecule has 1 N–H and O–H groups in total. The quantitative estimate of drug-likeness (QED) is 0.738. The molecule has 1 rings (SSSR count). The van der Waals surface area contributed by atoms with Crippen molar-refractivity contribution in [3.63, 3.8) is 0 Å². The summed E-state index contributed by atoms with van der Waals surface area (Å²) in [7, 11) is 0. The Morgan fingerprint density at radius 1 is 1.50 bits per heavy atom. The first-order valence-electron chi connectivity index (χ1n) is 5.17. The van der Waals surface area contributed by atoms with Gasteiger partial charge in [-0.05, 0) is 37.6 Å². The van der Waals surface area contributed by atoms with E-state index in [0.29, 0.717) is 0 Å². The molecule has 0 aliphatic heterocycles. The molecule has 0 bridgehead atoms. The summed E-state index contributed by atoms with van der Waals surface area (Å²) >= 11 is 7.52. The number of thiophene rings is 1. The van der Waals surface area contributed by atoms with Gasteiger partial charge in [-0.2, -0.15) is 0 Å². The zero-order valence-electron chi connectivity index (χ0n) is 8.85. The van der Waals surface area contributed by atoms with Crippen LogP contribution < -0.4 is 5.32 Å². The summed E-state index contributed by atoms with van der Waals surface area (Å²) in [6, 6.07) is 4.08. The second-order valence-corrected chi connectivity index (χ2v) is 5.47. The Kier molecular flexibility index (Phi) is 5.53. The maximum absolute atomic E-state index is 5.84. The van der Waals surface area contributed by atoms with Crippen LogP contribution >= 0.6 is 22.9 Å². The smallest absolute Gasteiger partial charge is 0.0931 e. The molecule has 0 spiro atoms. The highest BCUT2D eigenvalue weighted by atomic mass is 35.5. The van der Waals surface area contributed by atoms with E-state index >= 15 is 0 Å². The van der Waals surface area contributed by atoms with Gasteiger partial charge in [-0.25, -0.2) is 0 Å². The van der Waals surface area contributed by atoms with Gasteiger partial charge in [0.1, 0.15) is 0 Å². The van der Waals surface area contributed by atoms with Crippen LogP contribution in [0.25, 0.3) is 0 Å². The second-order valence-electron chi connectivity index (χ2n) is 3.67. The van der Waals surface area contributed by atoms with Crippen molar-refractivity contribution in [3.05, 3.63) is 21.3 Å². The third kappa shape index (κ3) is 4.45. The standard InChI is InChI=1S/C11H18ClNS/c1-3-9(2)8-13-7-6-10-4-5-11(12)14-10/h4-5,9,13H,3,6-8H2,1-2H3. The molecule has 1 heterocycles. The summed E-state index contributed by atoms with van der Waals surface area (Å²) in [5.74, 6) is 0.780. The number of halogens is 1. The molecular weight excluding hydrogens is 214 g/mol. The fourth-order valence-corrected chi connectivity index (χ4v) is 2.28. The van der Waals surface area contributed by atoms with Crippen LogP contribution in [0.3, 0.4) is 0 Å². The van der Waals surface area contributed by atoms with Crippen LogP contribution in [0.2, 0.25) is 4.34 Å². The zero-order chi connectivity index (χ0) is 10.4. The highest BCUT2D eigenvalue weighted by Crippen LogP contribution is 2.21. The minimum absolute atomic E-state index is 0.780. The number of nitrogens with one attached hydrogen (secondary N) is 1. The highest BCUT2D eigenvalue weighted by molar-refractivity contribution is 7.16. The minimum atomic E-state index is 0.780. The lowest BCUT2D eigenvalue weighted by molar-refractivity contribution is 0.503. The van der Waals surface area contributed by atoms with Gasteiger partial charge in [0, 0.05) is 4.88 Å². The lowest BCUT2D eigenvalue weighted by Gasteiger charge is -2.08. The Bertz CT molecular complexity index is 260. The van der Waals surface area contributed by atoms with Gasteiger partial charge < -0.3 is 5.32 Å². The maximum Gasteiger partial charge on any atom is 0.0931 e. The van der Waals surface area contributed by atoms with Crippen LogP contribution in [-0.4, -0.2) is 13.1 Å². The van der Waals surface area contributed by atoms with E-state index in [1.807, 2.05) is 6.07 Å². The molecule has 0 radical (unpaired) electrons. The van der Waals surface area contributed by atoms with Gasteiger partial charge in [0.25, 0.3) is 0 Å². The summed E-state index contributed by atoms with van der Waals surface area (Å²) in [4.78, 5) is 1.37. The minimum Gasteiger partial charge on any atom is -0.316 e. The Hall–Kier alpha value is -0.0500. The average Bonchev–Trinajstić information content (AvgIpc) is 2.58. The predicted molar refractivity (Wildman–Crippen MR) is 65.4 cm³/mol. The first-order valence-corrected chi connectivity index (χ1v) is 6.36.